The van der Waals surface area contributed by atoms with Crippen LogP contribution in [0.15, 0.2) is 24.3 Å². The van der Waals surface area contributed by atoms with Crippen molar-refractivity contribution in [3.63, 3.8) is 0 Å². The van der Waals surface area contributed by atoms with Crippen LogP contribution >= 0.6 is 0 Å². The van der Waals surface area contributed by atoms with Gasteiger partial charge in [0.25, 0.3) is 5.91 Å². The highest BCUT2D eigenvalue weighted by molar-refractivity contribution is 6.08. The number of hydrogen-bond acceptors (Lipinski definition) is 4. The molecule has 1 aromatic rings. The molecule has 1 spiro atoms. The van der Waals surface area contributed by atoms with E-state index in [1.54, 1.807) is 12.1 Å². The highest BCUT2D eigenvalue weighted by Crippen LogP contribution is 2.45. The Hall–Kier alpha value is -2.37. The minimum atomic E-state index is -0.860. The quantitative estimate of drug-likeness (QED) is 0.474. The number of imide groups is 1. The van der Waals surface area contributed by atoms with Crippen LogP contribution in [-0.2, 0) is 9.59 Å². The van der Waals surface area contributed by atoms with Crippen LogP contribution in [0, 0.1) is 18.3 Å². The highest BCUT2D eigenvalue weighted by Gasteiger charge is 2.53. The number of aryl methyl sites for hydroxylation is 1. The minimum absolute atomic E-state index is 0.227. The fraction of sp³-hybridized carbons (Fsp3) is 0.591. The van der Waals surface area contributed by atoms with E-state index in [-0.39, 0.29) is 17.9 Å². The number of nitrogens with one attached hydrogen (secondary N) is 1. The fourth-order valence-electron chi connectivity index (χ4n) is 4.24. The van der Waals surface area contributed by atoms with Gasteiger partial charge in [-0.1, -0.05) is 44.9 Å². The van der Waals surface area contributed by atoms with Crippen molar-refractivity contribution in [1.29, 1.82) is 0 Å². The molecule has 3 amide bonds. The second kappa shape index (κ2) is 7.57. The lowest BCUT2D eigenvalue weighted by atomic mass is 9.65. The first-order valence-electron chi connectivity index (χ1n) is 10.1. The van der Waals surface area contributed by atoms with Crippen molar-refractivity contribution in [2.45, 2.75) is 65.3 Å². The van der Waals surface area contributed by atoms with E-state index in [9.17, 15) is 14.4 Å². The molecule has 3 rings (SSSR count). The molecule has 0 aromatic heterocycles. The van der Waals surface area contributed by atoms with Gasteiger partial charge in [-0.25, -0.2) is 9.59 Å². The molecule has 6 heteroatoms. The molecule has 0 atom stereocenters. The van der Waals surface area contributed by atoms with E-state index in [1.807, 2.05) is 19.1 Å². The van der Waals surface area contributed by atoms with E-state index in [4.69, 9.17) is 4.74 Å². The van der Waals surface area contributed by atoms with Gasteiger partial charge in [-0.3, -0.25) is 9.69 Å². The predicted molar refractivity (Wildman–Crippen MR) is 106 cm³/mol. The smallest absolute Gasteiger partial charge is 0.331 e. The normalized spacial score (nSPS) is 25.1. The maximum atomic E-state index is 13.0. The molecule has 28 heavy (non-hydrogen) atoms. The van der Waals surface area contributed by atoms with Crippen molar-refractivity contribution in [2.24, 2.45) is 11.3 Å². The summed E-state index contributed by atoms with van der Waals surface area (Å²) in [6, 6.07) is 6.55. The SMILES string of the molecule is CCC(C)(C)C1CCC2(CC1)NC(=O)N(CC(=O)Oc1ccc(C)cc1)C2=O. The lowest BCUT2D eigenvalue weighted by molar-refractivity contribution is -0.141. The average molecular weight is 386 g/mol. The number of carbonyl (C=O) groups excluding carboxylic acids is 3. The predicted octanol–water partition coefficient (Wildman–Crippen LogP) is 3.82. The second-order valence-electron chi connectivity index (χ2n) is 8.81. The molecule has 6 nitrogen and oxygen atoms in total. The Morgan fingerprint density at radius 3 is 2.39 bits per heavy atom. The molecule has 1 saturated carbocycles. The van der Waals surface area contributed by atoms with Crippen molar-refractivity contribution in [3.05, 3.63) is 29.8 Å². The van der Waals surface area contributed by atoms with Crippen molar-refractivity contribution < 1.29 is 19.1 Å². The van der Waals surface area contributed by atoms with Crippen LogP contribution in [0.3, 0.4) is 0 Å². The van der Waals surface area contributed by atoms with E-state index in [2.05, 4.69) is 26.1 Å². The summed E-state index contributed by atoms with van der Waals surface area (Å²) in [5, 5.41) is 2.87. The van der Waals surface area contributed by atoms with Crippen LogP contribution in [0.2, 0.25) is 0 Å². The van der Waals surface area contributed by atoms with E-state index >= 15 is 0 Å². The number of rotatable bonds is 5. The van der Waals surface area contributed by atoms with Gasteiger partial charge in [0.15, 0.2) is 0 Å². The number of nitrogens with zero attached hydrogens (tertiary/aromatic N) is 1. The third-order valence-electron chi connectivity index (χ3n) is 6.64. The molecule has 1 saturated heterocycles. The summed E-state index contributed by atoms with van der Waals surface area (Å²) >= 11 is 0. The van der Waals surface area contributed by atoms with Gasteiger partial charge in [0.05, 0.1) is 0 Å². The molecular formula is C22H30N2O4. The largest absolute Gasteiger partial charge is 0.425 e. The van der Waals surface area contributed by atoms with Crippen LogP contribution < -0.4 is 10.1 Å². The summed E-state index contributed by atoms with van der Waals surface area (Å²) in [6.45, 7) is 8.28. The molecule has 0 unspecified atom stereocenters. The monoisotopic (exact) mass is 386 g/mol. The molecule has 1 aliphatic heterocycles. The van der Waals surface area contributed by atoms with E-state index < -0.39 is 17.5 Å². The summed E-state index contributed by atoms with van der Waals surface area (Å²) in [5.41, 5.74) is 0.421. The maximum absolute atomic E-state index is 13.0. The molecule has 152 valence electrons. The number of esters is 1. The lowest BCUT2D eigenvalue weighted by Crippen LogP contribution is -2.51. The van der Waals surface area contributed by atoms with Gasteiger partial charge in [0.1, 0.15) is 17.8 Å². The van der Waals surface area contributed by atoms with E-state index in [0.717, 1.165) is 29.7 Å². The van der Waals surface area contributed by atoms with Gasteiger partial charge >= 0.3 is 12.0 Å². The maximum Gasteiger partial charge on any atom is 0.331 e. The van der Waals surface area contributed by atoms with Gasteiger partial charge in [0, 0.05) is 0 Å². The summed E-state index contributed by atoms with van der Waals surface area (Å²) in [6.07, 6.45) is 4.12. The number of ether oxygens (including phenoxy) is 1. The third kappa shape index (κ3) is 3.91. The molecule has 1 heterocycles. The molecule has 2 fully saturated rings. The molecule has 1 aromatic carbocycles. The Morgan fingerprint density at radius 2 is 1.82 bits per heavy atom. The van der Waals surface area contributed by atoms with Crippen LogP contribution in [0.5, 0.6) is 5.75 Å². The Labute approximate surface area is 166 Å². The van der Waals surface area contributed by atoms with Gasteiger partial charge in [-0.15, -0.1) is 0 Å². The topological polar surface area (TPSA) is 75.7 Å². The van der Waals surface area contributed by atoms with Crippen LogP contribution in [0.4, 0.5) is 4.79 Å². The fourth-order valence-corrected chi connectivity index (χ4v) is 4.24. The molecule has 1 aliphatic carbocycles. The van der Waals surface area contributed by atoms with Crippen molar-refractivity contribution in [2.75, 3.05) is 6.54 Å². The Morgan fingerprint density at radius 1 is 1.21 bits per heavy atom. The summed E-state index contributed by atoms with van der Waals surface area (Å²) in [4.78, 5) is 38.6. The van der Waals surface area contributed by atoms with E-state index in [0.29, 0.717) is 24.5 Å². The zero-order valence-corrected chi connectivity index (χ0v) is 17.2. The van der Waals surface area contributed by atoms with Crippen molar-refractivity contribution in [1.82, 2.24) is 10.2 Å². The van der Waals surface area contributed by atoms with Gasteiger partial charge in [-0.05, 0) is 56.1 Å². The van der Waals surface area contributed by atoms with E-state index in [1.165, 1.54) is 0 Å². The Bertz CT molecular complexity index is 761. The molecule has 2 aliphatic rings. The second-order valence-corrected chi connectivity index (χ2v) is 8.81. The number of carbonyl (C=O) groups is 3. The molecule has 0 radical (unpaired) electrons. The van der Waals surface area contributed by atoms with Crippen LogP contribution in [0.25, 0.3) is 0 Å². The lowest BCUT2D eigenvalue weighted by Gasteiger charge is -2.42. The van der Waals surface area contributed by atoms with Gasteiger partial charge in [-0.2, -0.15) is 0 Å². The molecular weight excluding hydrogens is 356 g/mol. The molecule has 1 N–H and O–H groups in total. The Kier molecular flexibility index (Phi) is 5.50. The number of amides is 3. The van der Waals surface area contributed by atoms with Gasteiger partial charge < -0.3 is 10.1 Å². The standard InChI is InChI=1S/C22H30N2O4/c1-5-21(3,4)16-10-12-22(13-11-16)19(26)24(20(27)23-22)14-18(25)28-17-8-6-15(2)7-9-17/h6-9,16H,5,10-14H2,1-4H3,(H,23,27). The van der Waals surface area contributed by atoms with Gasteiger partial charge in [0.2, 0.25) is 0 Å². The number of hydrogen-bond donors (Lipinski definition) is 1. The van der Waals surface area contributed by atoms with Crippen LogP contribution in [0.1, 0.15) is 58.4 Å². The summed E-state index contributed by atoms with van der Waals surface area (Å²) in [7, 11) is 0. The molecule has 0 bridgehead atoms. The number of urea groups is 1. The summed E-state index contributed by atoms with van der Waals surface area (Å²) < 4.78 is 5.27. The van der Waals surface area contributed by atoms with Crippen molar-refractivity contribution in [3.8, 4) is 5.75 Å². The zero-order chi connectivity index (χ0) is 20.5. The Balaban J connectivity index is 1.62. The highest BCUT2D eigenvalue weighted by atomic mass is 16.5. The zero-order valence-electron chi connectivity index (χ0n) is 17.2. The first kappa shape index (κ1) is 20.4. The first-order chi connectivity index (χ1) is 13.2. The van der Waals surface area contributed by atoms with Crippen LogP contribution in [-0.4, -0.2) is 34.9 Å². The summed E-state index contributed by atoms with van der Waals surface area (Å²) in [5.74, 6) is 0.0179. The first-order valence-corrected chi connectivity index (χ1v) is 10.1. The minimum Gasteiger partial charge on any atom is -0.425 e. The van der Waals surface area contributed by atoms with Crippen molar-refractivity contribution >= 4 is 17.9 Å². The third-order valence-corrected chi connectivity index (χ3v) is 6.64. The average Bonchev–Trinajstić information content (AvgIpc) is 2.88. The number of benzene rings is 1.